The predicted octanol–water partition coefficient (Wildman–Crippen LogP) is 3.45. The van der Waals surface area contributed by atoms with Gasteiger partial charge in [0.05, 0.1) is 13.3 Å². The summed E-state index contributed by atoms with van der Waals surface area (Å²) in [6, 6.07) is 24.0. The van der Waals surface area contributed by atoms with Crippen molar-refractivity contribution in [2.75, 3.05) is 12.4 Å². The van der Waals surface area contributed by atoms with Gasteiger partial charge in [0.1, 0.15) is 5.75 Å². The molecule has 0 aliphatic rings. The van der Waals surface area contributed by atoms with Crippen molar-refractivity contribution in [3.63, 3.8) is 0 Å². The van der Waals surface area contributed by atoms with Crippen molar-refractivity contribution in [1.82, 2.24) is 5.43 Å². The second-order valence-corrected chi connectivity index (χ2v) is 5.84. The fraction of sp³-hybridized carbons (Fsp3) is 0.0455. The lowest BCUT2D eigenvalue weighted by atomic mass is 10.0. The van der Waals surface area contributed by atoms with Gasteiger partial charge in [0, 0.05) is 11.3 Å². The number of hydrazone groups is 1. The molecule has 0 aliphatic heterocycles. The van der Waals surface area contributed by atoms with E-state index in [1.54, 1.807) is 43.5 Å². The Morgan fingerprint density at radius 1 is 0.857 bits per heavy atom. The lowest BCUT2D eigenvalue weighted by Crippen LogP contribution is -2.32. The number of anilines is 1. The van der Waals surface area contributed by atoms with Gasteiger partial charge in [-0.1, -0.05) is 48.5 Å². The SMILES string of the molecule is COc1ccc(C=NNC(=O)C(=O)Nc2ccccc2-c2ccccc2)cc1. The molecule has 0 atom stereocenters. The fourth-order valence-corrected chi connectivity index (χ4v) is 2.55. The number of amides is 2. The number of hydrogen-bond donors (Lipinski definition) is 2. The van der Waals surface area contributed by atoms with Gasteiger partial charge in [0.2, 0.25) is 0 Å². The highest BCUT2D eigenvalue weighted by molar-refractivity contribution is 6.39. The first-order chi connectivity index (χ1) is 13.7. The monoisotopic (exact) mass is 373 g/mol. The molecule has 2 N–H and O–H groups in total. The fourth-order valence-electron chi connectivity index (χ4n) is 2.55. The van der Waals surface area contributed by atoms with E-state index in [4.69, 9.17) is 4.74 Å². The van der Waals surface area contributed by atoms with Gasteiger partial charge in [-0.3, -0.25) is 9.59 Å². The molecule has 0 spiro atoms. The lowest BCUT2D eigenvalue weighted by Gasteiger charge is -2.10. The van der Waals surface area contributed by atoms with E-state index in [1.165, 1.54) is 6.21 Å². The molecular weight excluding hydrogens is 354 g/mol. The number of ether oxygens (including phenoxy) is 1. The summed E-state index contributed by atoms with van der Waals surface area (Å²) < 4.78 is 5.07. The van der Waals surface area contributed by atoms with Gasteiger partial charge in [-0.05, 0) is 41.5 Å². The molecule has 0 unspecified atom stereocenters. The summed E-state index contributed by atoms with van der Waals surface area (Å²) in [5.74, 6) is -0.930. The van der Waals surface area contributed by atoms with Gasteiger partial charge in [-0.15, -0.1) is 0 Å². The standard InChI is InChI=1S/C22H19N3O3/c1-28-18-13-11-16(12-14-18)15-23-25-22(27)21(26)24-20-10-6-5-9-19(20)17-7-3-2-4-8-17/h2-15H,1H3,(H,24,26)(H,25,27). The van der Waals surface area contributed by atoms with Crippen LogP contribution >= 0.6 is 0 Å². The molecule has 0 aromatic heterocycles. The Morgan fingerprint density at radius 3 is 2.25 bits per heavy atom. The second-order valence-electron chi connectivity index (χ2n) is 5.84. The smallest absolute Gasteiger partial charge is 0.329 e. The van der Waals surface area contributed by atoms with Crippen molar-refractivity contribution in [3.05, 3.63) is 84.4 Å². The lowest BCUT2D eigenvalue weighted by molar-refractivity contribution is -0.136. The zero-order chi connectivity index (χ0) is 19.8. The zero-order valence-corrected chi connectivity index (χ0v) is 15.3. The van der Waals surface area contributed by atoms with Crippen LogP contribution in [0.2, 0.25) is 0 Å². The van der Waals surface area contributed by atoms with Crippen molar-refractivity contribution in [2.24, 2.45) is 5.10 Å². The van der Waals surface area contributed by atoms with Crippen LogP contribution in [-0.2, 0) is 9.59 Å². The Bertz CT molecular complexity index is 983. The normalized spacial score (nSPS) is 10.5. The summed E-state index contributed by atoms with van der Waals surface area (Å²) >= 11 is 0. The molecule has 3 rings (SSSR count). The summed E-state index contributed by atoms with van der Waals surface area (Å²) in [4.78, 5) is 24.2. The second kappa shape index (κ2) is 9.14. The summed E-state index contributed by atoms with van der Waals surface area (Å²) in [6.07, 6.45) is 1.45. The van der Waals surface area contributed by atoms with Crippen LogP contribution in [0, 0.1) is 0 Å². The van der Waals surface area contributed by atoms with E-state index < -0.39 is 11.8 Å². The van der Waals surface area contributed by atoms with E-state index in [1.807, 2.05) is 42.5 Å². The largest absolute Gasteiger partial charge is 0.497 e. The Hall–Kier alpha value is -3.93. The van der Waals surface area contributed by atoms with Gasteiger partial charge < -0.3 is 10.1 Å². The maximum absolute atomic E-state index is 12.2. The molecule has 140 valence electrons. The Labute approximate surface area is 162 Å². The van der Waals surface area contributed by atoms with Crippen molar-refractivity contribution in [2.45, 2.75) is 0 Å². The van der Waals surface area contributed by atoms with Gasteiger partial charge in [-0.25, -0.2) is 5.43 Å². The first kappa shape index (κ1) is 18.8. The van der Waals surface area contributed by atoms with Crippen LogP contribution in [0.25, 0.3) is 11.1 Å². The maximum Gasteiger partial charge on any atom is 0.329 e. The van der Waals surface area contributed by atoms with Gasteiger partial charge in [0.15, 0.2) is 0 Å². The molecule has 3 aromatic rings. The molecule has 0 radical (unpaired) electrons. The molecule has 0 heterocycles. The summed E-state index contributed by atoms with van der Waals surface area (Å²) in [5.41, 5.74) is 5.30. The molecule has 28 heavy (non-hydrogen) atoms. The molecule has 0 bridgehead atoms. The number of para-hydroxylation sites is 1. The third-order valence-electron chi connectivity index (χ3n) is 3.96. The average molecular weight is 373 g/mol. The Kier molecular flexibility index (Phi) is 6.15. The molecule has 6 nitrogen and oxygen atoms in total. The Balaban J connectivity index is 1.63. The van der Waals surface area contributed by atoms with E-state index in [0.29, 0.717) is 5.69 Å². The van der Waals surface area contributed by atoms with Gasteiger partial charge in [-0.2, -0.15) is 5.10 Å². The third-order valence-corrected chi connectivity index (χ3v) is 3.96. The van der Waals surface area contributed by atoms with Gasteiger partial charge in [0.25, 0.3) is 0 Å². The van der Waals surface area contributed by atoms with Crippen molar-refractivity contribution >= 4 is 23.7 Å². The van der Waals surface area contributed by atoms with E-state index >= 15 is 0 Å². The molecule has 0 saturated heterocycles. The number of carbonyl (C=O) groups excluding carboxylic acids is 2. The van der Waals surface area contributed by atoms with Crippen LogP contribution in [0.5, 0.6) is 5.75 Å². The maximum atomic E-state index is 12.2. The van der Waals surface area contributed by atoms with Gasteiger partial charge >= 0.3 is 11.8 Å². The highest BCUT2D eigenvalue weighted by atomic mass is 16.5. The summed E-state index contributed by atoms with van der Waals surface area (Å²) in [6.45, 7) is 0. The van der Waals surface area contributed by atoms with E-state index in [0.717, 1.165) is 22.4 Å². The molecule has 3 aromatic carbocycles. The quantitative estimate of drug-likeness (QED) is 0.408. The Morgan fingerprint density at radius 2 is 1.54 bits per heavy atom. The summed E-state index contributed by atoms with van der Waals surface area (Å²) in [7, 11) is 1.58. The average Bonchev–Trinajstić information content (AvgIpc) is 2.75. The number of nitrogens with one attached hydrogen (secondary N) is 2. The number of nitrogens with zero attached hydrogens (tertiary/aromatic N) is 1. The van der Waals surface area contributed by atoms with Crippen molar-refractivity contribution in [3.8, 4) is 16.9 Å². The zero-order valence-electron chi connectivity index (χ0n) is 15.3. The highest BCUT2D eigenvalue weighted by Crippen LogP contribution is 2.27. The van der Waals surface area contributed by atoms with Crippen LogP contribution in [0.3, 0.4) is 0 Å². The first-order valence-corrected chi connectivity index (χ1v) is 8.60. The number of benzene rings is 3. The molecular formula is C22H19N3O3. The minimum absolute atomic E-state index is 0.549. The van der Waals surface area contributed by atoms with Crippen LogP contribution < -0.4 is 15.5 Å². The third kappa shape index (κ3) is 4.82. The molecule has 2 amide bonds. The topological polar surface area (TPSA) is 79.8 Å². The highest BCUT2D eigenvalue weighted by Gasteiger charge is 2.15. The van der Waals surface area contributed by atoms with Crippen LogP contribution in [0.1, 0.15) is 5.56 Å². The number of hydrogen-bond acceptors (Lipinski definition) is 4. The van der Waals surface area contributed by atoms with E-state index in [2.05, 4.69) is 15.8 Å². The minimum atomic E-state index is -0.854. The van der Waals surface area contributed by atoms with E-state index in [-0.39, 0.29) is 0 Å². The van der Waals surface area contributed by atoms with Crippen LogP contribution in [-0.4, -0.2) is 25.1 Å². The van der Waals surface area contributed by atoms with E-state index in [9.17, 15) is 9.59 Å². The summed E-state index contributed by atoms with van der Waals surface area (Å²) in [5, 5.41) is 6.45. The predicted molar refractivity (Wildman–Crippen MR) is 109 cm³/mol. The molecule has 0 fully saturated rings. The first-order valence-electron chi connectivity index (χ1n) is 8.60. The number of methoxy groups -OCH3 is 1. The van der Waals surface area contributed by atoms with Crippen LogP contribution in [0.15, 0.2) is 84.0 Å². The minimum Gasteiger partial charge on any atom is -0.497 e. The number of carbonyl (C=O) groups is 2. The number of rotatable bonds is 5. The van der Waals surface area contributed by atoms with Crippen LogP contribution in [0.4, 0.5) is 5.69 Å². The molecule has 0 saturated carbocycles. The molecule has 6 heteroatoms. The molecule has 0 aliphatic carbocycles. The van der Waals surface area contributed by atoms with Crippen molar-refractivity contribution in [1.29, 1.82) is 0 Å². The van der Waals surface area contributed by atoms with Crippen molar-refractivity contribution < 1.29 is 14.3 Å².